The summed E-state index contributed by atoms with van der Waals surface area (Å²) in [6.07, 6.45) is 0. The Bertz CT molecular complexity index is 954. The van der Waals surface area contributed by atoms with Crippen LogP contribution < -0.4 is 5.32 Å². The lowest BCUT2D eigenvalue weighted by Gasteiger charge is -2.36. The predicted molar refractivity (Wildman–Crippen MR) is 123 cm³/mol. The minimum atomic E-state index is -0.865. The number of carbonyl (C=O) groups is 2. The van der Waals surface area contributed by atoms with E-state index < -0.39 is 16.1 Å². The molecule has 4 nitrogen and oxygen atoms in total. The van der Waals surface area contributed by atoms with Crippen molar-refractivity contribution >= 4 is 35.3 Å². The van der Waals surface area contributed by atoms with Crippen LogP contribution in [0.1, 0.15) is 16.7 Å². The molecule has 2 amide bonds. The van der Waals surface area contributed by atoms with Gasteiger partial charge in [-0.25, -0.2) is 0 Å². The first-order valence-corrected chi connectivity index (χ1v) is 11.7. The van der Waals surface area contributed by atoms with Crippen molar-refractivity contribution in [2.24, 2.45) is 0 Å². The monoisotopic (exact) mass is 434 g/mol. The summed E-state index contributed by atoms with van der Waals surface area (Å²) in [6.45, 7) is 0.377. The third-order valence-corrected chi connectivity index (χ3v) is 7.89. The summed E-state index contributed by atoms with van der Waals surface area (Å²) >= 11 is 3.15. The minimum absolute atomic E-state index is 0.377. The predicted octanol–water partition coefficient (Wildman–Crippen LogP) is 4.62. The number of hydrogen-bond acceptors (Lipinski definition) is 4. The van der Waals surface area contributed by atoms with E-state index in [0.717, 1.165) is 16.7 Å². The smallest absolute Gasteiger partial charge is 0.307 e. The SMILES string of the molecule is O=C1NC(SCc2ccccc2)(SCc2ccccc2)N(Cc2ccccc2)C1=O. The molecular weight excluding hydrogens is 412 g/mol. The number of benzene rings is 3. The molecule has 4 rings (SSSR count). The summed E-state index contributed by atoms with van der Waals surface area (Å²) in [4.78, 5) is 27.0. The van der Waals surface area contributed by atoms with Crippen molar-refractivity contribution in [3.05, 3.63) is 108 Å². The van der Waals surface area contributed by atoms with Gasteiger partial charge in [0.25, 0.3) is 0 Å². The Labute approximate surface area is 185 Å². The quantitative estimate of drug-likeness (QED) is 0.415. The number of hydrogen-bond donors (Lipinski definition) is 1. The molecule has 0 spiro atoms. The number of amides is 2. The van der Waals surface area contributed by atoms with Gasteiger partial charge in [-0.1, -0.05) is 115 Å². The number of thioether (sulfide) groups is 2. The average molecular weight is 435 g/mol. The first-order valence-electron chi connectivity index (χ1n) is 9.70. The molecule has 0 aliphatic carbocycles. The fourth-order valence-corrected chi connectivity index (χ4v) is 5.98. The summed E-state index contributed by atoms with van der Waals surface area (Å²) < 4.78 is -0.865. The van der Waals surface area contributed by atoms with E-state index >= 15 is 0 Å². The fourth-order valence-electron chi connectivity index (χ4n) is 3.24. The van der Waals surface area contributed by atoms with Gasteiger partial charge < -0.3 is 5.32 Å². The van der Waals surface area contributed by atoms with E-state index in [1.54, 1.807) is 28.4 Å². The molecule has 0 atom stereocenters. The molecule has 30 heavy (non-hydrogen) atoms. The van der Waals surface area contributed by atoms with Crippen molar-refractivity contribution in [3.8, 4) is 0 Å². The van der Waals surface area contributed by atoms with E-state index in [2.05, 4.69) is 29.6 Å². The van der Waals surface area contributed by atoms with E-state index in [9.17, 15) is 9.59 Å². The molecule has 1 fully saturated rings. The van der Waals surface area contributed by atoms with Gasteiger partial charge in [-0.05, 0) is 16.7 Å². The lowest BCUT2D eigenvalue weighted by atomic mass is 10.2. The zero-order chi connectivity index (χ0) is 20.8. The van der Waals surface area contributed by atoms with E-state index in [-0.39, 0.29) is 0 Å². The number of nitrogens with one attached hydrogen (secondary N) is 1. The van der Waals surface area contributed by atoms with Gasteiger partial charge in [0.2, 0.25) is 4.33 Å². The average Bonchev–Trinajstić information content (AvgIpc) is 3.03. The van der Waals surface area contributed by atoms with Crippen LogP contribution in [0.2, 0.25) is 0 Å². The fraction of sp³-hybridized carbons (Fsp3) is 0.167. The molecule has 152 valence electrons. The molecule has 1 aliphatic heterocycles. The molecule has 0 unspecified atom stereocenters. The molecule has 0 aromatic heterocycles. The molecule has 3 aromatic rings. The second-order valence-corrected chi connectivity index (χ2v) is 9.56. The summed E-state index contributed by atoms with van der Waals surface area (Å²) in [7, 11) is 0. The van der Waals surface area contributed by atoms with Crippen LogP contribution in [0.25, 0.3) is 0 Å². The second-order valence-electron chi connectivity index (χ2n) is 6.96. The van der Waals surface area contributed by atoms with Crippen molar-refractivity contribution in [2.45, 2.75) is 22.4 Å². The zero-order valence-electron chi connectivity index (χ0n) is 16.4. The summed E-state index contributed by atoms with van der Waals surface area (Å²) in [6, 6.07) is 30.0. The van der Waals surface area contributed by atoms with E-state index in [1.807, 2.05) is 66.7 Å². The first-order chi connectivity index (χ1) is 14.7. The summed E-state index contributed by atoms with van der Waals surface area (Å²) in [5.74, 6) is 0.329. The number of carbonyl (C=O) groups excluding carboxylic acids is 2. The number of rotatable bonds is 8. The highest BCUT2D eigenvalue weighted by molar-refractivity contribution is 8.17. The third-order valence-electron chi connectivity index (χ3n) is 4.80. The van der Waals surface area contributed by atoms with Crippen LogP contribution in [0.3, 0.4) is 0 Å². The van der Waals surface area contributed by atoms with Crippen molar-refractivity contribution < 1.29 is 9.59 Å². The maximum Gasteiger partial charge on any atom is 0.315 e. The lowest BCUT2D eigenvalue weighted by molar-refractivity contribution is -0.140. The standard InChI is InChI=1S/C24H22N2O2S2/c27-22-23(28)26(16-19-10-4-1-5-11-19)24(25-22,29-17-20-12-6-2-7-13-20)30-18-21-14-8-3-9-15-21/h1-15H,16-18H2,(H,25,27). The minimum Gasteiger partial charge on any atom is -0.307 e. The Morgan fingerprint density at radius 2 is 1.10 bits per heavy atom. The Hall–Kier alpha value is -2.70. The molecule has 0 radical (unpaired) electrons. The van der Waals surface area contributed by atoms with Gasteiger partial charge in [-0.15, -0.1) is 0 Å². The van der Waals surface area contributed by atoms with Gasteiger partial charge in [-0.2, -0.15) is 0 Å². The van der Waals surface area contributed by atoms with Crippen LogP contribution in [-0.4, -0.2) is 21.0 Å². The van der Waals surface area contributed by atoms with Crippen LogP contribution in [0, 0.1) is 0 Å². The van der Waals surface area contributed by atoms with E-state index in [4.69, 9.17) is 0 Å². The van der Waals surface area contributed by atoms with Crippen molar-refractivity contribution in [1.82, 2.24) is 10.2 Å². The molecule has 6 heteroatoms. The topological polar surface area (TPSA) is 49.4 Å². The molecule has 1 saturated heterocycles. The molecule has 3 aromatic carbocycles. The van der Waals surface area contributed by atoms with Gasteiger partial charge in [0.15, 0.2) is 0 Å². The van der Waals surface area contributed by atoms with Crippen LogP contribution in [-0.2, 0) is 27.6 Å². The van der Waals surface area contributed by atoms with E-state index in [1.165, 1.54) is 0 Å². The van der Waals surface area contributed by atoms with Gasteiger partial charge in [-0.3, -0.25) is 14.5 Å². The summed E-state index contributed by atoms with van der Waals surface area (Å²) in [5, 5.41) is 2.99. The summed E-state index contributed by atoms with van der Waals surface area (Å²) in [5.41, 5.74) is 3.29. The molecule has 1 heterocycles. The highest BCUT2D eigenvalue weighted by atomic mass is 32.2. The first kappa shape index (κ1) is 20.6. The Morgan fingerprint density at radius 3 is 1.57 bits per heavy atom. The molecular formula is C24H22N2O2S2. The van der Waals surface area contributed by atoms with Gasteiger partial charge >= 0.3 is 11.8 Å². The second kappa shape index (κ2) is 9.41. The molecule has 0 saturated carbocycles. The van der Waals surface area contributed by atoms with Crippen LogP contribution in [0.5, 0.6) is 0 Å². The highest BCUT2D eigenvalue weighted by Crippen LogP contribution is 2.45. The largest absolute Gasteiger partial charge is 0.315 e. The lowest BCUT2D eigenvalue weighted by Crippen LogP contribution is -2.46. The van der Waals surface area contributed by atoms with Crippen LogP contribution in [0.15, 0.2) is 91.0 Å². The van der Waals surface area contributed by atoms with Crippen LogP contribution in [0.4, 0.5) is 0 Å². The number of nitrogens with zero attached hydrogens (tertiary/aromatic N) is 1. The van der Waals surface area contributed by atoms with Gasteiger partial charge in [0.05, 0.1) is 6.54 Å². The van der Waals surface area contributed by atoms with E-state index in [0.29, 0.717) is 18.1 Å². The Kier molecular flexibility index (Phi) is 6.45. The van der Waals surface area contributed by atoms with Crippen LogP contribution >= 0.6 is 23.5 Å². The van der Waals surface area contributed by atoms with Gasteiger partial charge in [0, 0.05) is 11.5 Å². The Morgan fingerprint density at radius 1 is 0.667 bits per heavy atom. The maximum atomic E-state index is 12.8. The molecule has 1 N–H and O–H groups in total. The van der Waals surface area contributed by atoms with Crippen molar-refractivity contribution in [3.63, 3.8) is 0 Å². The third kappa shape index (κ3) is 4.71. The molecule has 0 bridgehead atoms. The molecule has 1 aliphatic rings. The van der Waals surface area contributed by atoms with Crippen molar-refractivity contribution in [1.29, 1.82) is 0 Å². The Balaban J connectivity index is 1.62. The maximum absolute atomic E-state index is 12.8. The van der Waals surface area contributed by atoms with Gasteiger partial charge in [0.1, 0.15) is 0 Å². The zero-order valence-corrected chi connectivity index (χ0v) is 18.0. The van der Waals surface area contributed by atoms with Crippen molar-refractivity contribution in [2.75, 3.05) is 0 Å². The normalized spacial score (nSPS) is 15.3. The highest BCUT2D eigenvalue weighted by Gasteiger charge is 2.51.